The van der Waals surface area contributed by atoms with E-state index >= 15 is 0 Å². The molecule has 1 fully saturated rings. The first-order valence-electron chi connectivity index (χ1n) is 8.48. The number of hydrogen-bond donors (Lipinski definition) is 6. The molecule has 150 valence electrons. The molecule has 0 amide bonds. The van der Waals surface area contributed by atoms with E-state index in [1.165, 1.54) is 0 Å². The summed E-state index contributed by atoms with van der Waals surface area (Å²) in [5.74, 6) is -0.351. The molecule has 9 heteroatoms. The average molecular weight is 366 g/mol. The molecule has 2 atom stereocenters. The van der Waals surface area contributed by atoms with Gasteiger partial charge in [-0.15, -0.1) is 0 Å². The Morgan fingerprint density at radius 3 is 1.88 bits per heavy atom. The number of ether oxygens (including phenoxy) is 1. The first kappa shape index (κ1) is 24.2. The molecule has 9 nitrogen and oxygen atoms in total. The van der Waals surface area contributed by atoms with Crippen LogP contribution in [0.4, 0.5) is 0 Å². The summed E-state index contributed by atoms with van der Waals surface area (Å²) in [7, 11) is 0. The van der Waals surface area contributed by atoms with Gasteiger partial charge in [0.05, 0.1) is 45.0 Å². The van der Waals surface area contributed by atoms with Gasteiger partial charge in [-0.1, -0.05) is 6.92 Å². The molecule has 0 saturated carbocycles. The maximum absolute atomic E-state index is 11.3. The zero-order valence-corrected chi connectivity index (χ0v) is 15.2. The van der Waals surface area contributed by atoms with Crippen LogP contribution in [0.15, 0.2) is 0 Å². The molecule has 0 aliphatic carbocycles. The highest BCUT2D eigenvalue weighted by Gasteiger charge is 2.30. The second-order valence-electron chi connectivity index (χ2n) is 6.76. The van der Waals surface area contributed by atoms with Gasteiger partial charge in [0.15, 0.2) is 0 Å². The number of nitrogens with zero attached hydrogens (tertiary/aromatic N) is 1. The van der Waals surface area contributed by atoms with Gasteiger partial charge < -0.3 is 36.0 Å². The number of aliphatic hydroxyl groups excluding tert-OH is 5. The third kappa shape index (κ3) is 8.91. The molecule has 2 unspecified atom stereocenters. The second kappa shape index (κ2) is 11.7. The van der Waals surface area contributed by atoms with E-state index in [1.807, 2.05) is 6.92 Å². The average Bonchev–Trinajstić information content (AvgIpc) is 3.36. The third-order valence-electron chi connectivity index (χ3n) is 4.50. The number of aliphatic hydroxyl groups is 5. The van der Waals surface area contributed by atoms with Crippen LogP contribution in [0, 0.1) is 5.41 Å². The Labute approximate surface area is 149 Å². The molecule has 0 radical (unpaired) electrons. The molecule has 25 heavy (non-hydrogen) atoms. The molecular formula is C16H34N2O7. The van der Waals surface area contributed by atoms with Gasteiger partial charge >= 0.3 is 5.97 Å². The molecule has 7 N–H and O–H groups in total. The molecule has 0 aromatic heterocycles. The molecular weight excluding hydrogens is 332 g/mol. The number of esters is 1. The predicted octanol–water partition coefficient (Wildman–Crippen LogP) is -2.33. The number of carbonyl (C=O) groups excluding carboxylic acids is 1. The summed E-state index contributed by atoms with van der Waals surface area (Å²) in [5, 5.41) is 43.7. The highest BCUT2D eigenvalue weighted by atomic mass is 16.5. The lowest BCUT2D eigenvalue weighted by Crippen LogP contribution is -2.51. The van der Waals surface area contributed by atoms with Gasteiger partial charge in [0, 0.05) is 24.5 Å². The van der Waals surface area contributed by atoms with Crippen molar-refractivity contribution in [3.05, 3.63) is 0 Å². The Morgan fingerprint density at radius 2 is 1.60 bits per heavy atom. The van der Waals surface area contributed by atoms with Crippen molar-refractivity contribution in [1.82, 2.24) is 4.90 Å². The quantitative estimate of drug-likeness (QED) is 0.174. The number of carbonyl (C=O) groups is 1. The fourth-order valence-corrected chi connectivity index (χ4v) is 1.76. The van der Waals surface area contributed by atoms with Crippen LogP contribution in [0.2, 0.25) is 0 Å². The molecule has 1 rings (SSSR count). The van der Waals surface area contributed by atoms with Gasteiger partial charge in [0.25, 0.3) is 0 Å². The van der Waals surface area contributed by atoms with Gasteiger partial charge in [0.2, 0.25) is 0 Å². The Balaban J connectivity index is 0.000000547. The molecule has 0 bridgehead atoms. The van der Waals surface area contributed by atoms with Gasteiger partial charge in [-0.3, -0.25) is 9.69 Å². The lowest BCUT2D eigenvalue weighted by molar-refractivity contribution is -0.146. The van der Waals surface area contributed by atoms with E-state index in [2.05, 4.69) is 11.8 Å². The highest BCUT2D eigenvalue weighted by Crippen LogP contribution is 2.18. The van der Waals surface area contributed by atoms with Crippen molar-refractivity contribution in [3.63, 3.8) is 0 Å². The summed E-state index contributed by atoms with van der Waals surface area (Å²) < 4.78 is 4.89. The number of nitrogens with two attached hydrogens (primary N) is 1. The molecule has 1 aliphatic heterocycles. The van der Waals surface area contributed by atoms with E-state index in [0.29, 0.717) is 25.4 Å². The van der Waals surface area contributed by atoms with E-state index in [9.17, 15) is 4.79 Å². The normalized spacial score (nSPS) is 19.8. The van der Waals surface area contributed by atoms with Crippen LogP contribution in [0.1, 0.15) is 26.7 Å². The lowest BCUT2D eigenvalue weighted by Gasteiger charge is -2.24. The van der Waals surface area contributed by atoms with Gasteiger partial charge in [0.1, 0.15) is 6.61 Å². The van der Waals surface area contributed by atoms with Crippen LogP contribution < -0.4 is 5.73 Å². The van der Waals surface area contributed by atoms with Gasteiger partial charge in [-0.2, -0.15) is 0 Å². The standard InChI is InChI=1S/C10H20N2O4.C6H14O3/c1-8-4-12(8)3-2-9(15)16-7-10(11,5-13)6-14;1-2-6(3-7,4-8)5-9/h8,13-14H,2-7,11H2,1H3;7-9H,2-5H2,1H3. The molecule has 0 spiro atoms. The fourth-order valence-electron chi connectivity index (χ4n) is 1.76. The maximum Gasteiger partial charge on any atom is 0.307 e. The Bertz CT molecular complexity index is 356. The fraction of sp³-hybridized carbons (Fsp3) is 0.938. The predicted molar refractivity (Wildman–Crippen MR) is 91.7 cm³/mol. The zero-order valence-electron chi connectivity index (χ0n) is 15.2. The van der Waals surface area contributed by atoms with E-state index < -0.39 is 24.2 Å². The highest BCUT2D eigenvalue weighted by molar-refractivity contribution is 5.69. The summed E-state index contributed by atoms with van der Waals surface area (Å²) in [5.41, 5.74) is 3.65. The molecule has 1 saturated heterocycles. The van der Waals surface area contributed by atoms with E-state index in [0.717, 1.165) is 6.54 Å². The lowest BCUT2D eigenvalue weighted by atomic mass is 9.88. The monoisotopic (exact) mass is 366 g/mol. The Kier molecular flexibility index (Phi) is 11.4. The van der Waals surface area contributed by atoms with Crippen molar-refractivity contribution in [3.8, 4) is 0 Å². The van der Waals surface area contributed by atoms with Crippen LogP contribution in [0.25, 0.3) is 0 Å². The first-order valence-corrected chi connectivity index (χ1v) is 8.48. The van der Waals surface area contributed by atoms with Crippen molar-refractivity contribution in [2.24, 2.45) is 11.1 Å². The summed E-state index contributed by atoms with van der Waals surface area (Å²) in [6, 6.07) is 0.566. The van der Waals surface area contributed by atoms with Crippen molar-refractivity contribution >= 4 is 5.97 Å². The molecule has 0 aromatic carbocycles. The van der Waals surface area contributed by atoms with E-state index in [4.69, 9.17) is 36.0 Å². The largest absolute Gasteiger partial charge is 0.463 e. The minimum absolute atomic E-state index is 0.156. The van der Waals surface area contributed by atoms with Crippen LogP contribution in [0.5, 0.6) is 0 Å². The van der Waals surface area contributed by atoms with Crippen molar-refractivity contribution < 1.29 is 35.1 Å². The minimum atomic E-state index is -1.23. The van der Waals surface area contributed by atoms with Crippen molar-refractivity contribution in [2.45, 2.75) is 38.3 Å². The zero-order chi connectivity index (χ0) is 19.5. The number of rotatable bonds is 11. The topological polar surface area (TPSA) is 156 Å². The van der Waals surface area contributed by atoms with E-state index in [1.54, 1.807) is 0 Å². The SMILES string of the molecule is CC1CN1CCC(=O)OCC(N)(CO)CO.CCC(CO)(CO)CO. The smallest absolute Gasteiger partial charge is 0.307 e. The van der Waals surface area contributed by atoms with E-state index in [-0.39, 0.29) is 32.4 Å². The summed E-state index contributed by atoms with van der Waals surface area (Å²) in [6.07, 6.45) is 0.910. The molecule has 1 aliphatic rings. The molecule has 1 heterocycles. The van der Waals surface area contributed by atoms with Crippen LogP contribution in [-0.2, 0) is 9.53 Å². The van der Waals surface area contributed by atoms with Gasteiger partial charge in [-0.05, 0) is 13.3 Å². The van der Waals surface area contributed by atoms with Crippen molar-refractivity contribution in [1.29, 1.82) is 0 Å². The van der Waals surface area contributed by atoms with Crippen LogP contribution >= 0.6 is 0 Å². The summed E-state index contributed by atoms with van der Waals surface area (Å²) >= 11 is 0. The Morgan fingerprint density at radius 1 is 1.12 bits per heavy atom. The summed E-state index contributed by atoms with van der Waals surface area (Å²) in [4.78, 5) is 13.4. The minimum Gasteiger partial charge on any atom is -0.463 e. The number of hydrogen-bond acceptors (Lipinski definition) is 9. The van der Waals surface area contributed by atoms with Crippen molar-refractivity contribution in [2.75, 3.05) is 52.7 Å². The molecule has 0 aromatic rings. The second-order valence-corrected chi connectivity index (χ2v) is 6.76. The summed E-state index contributed by atoms with van der Waals surface area (Å²) in [6.45, 7) is 4.17. The maximum atomic E-state index is 11.3. The first-order chi connectivity index (χ1) is 11.7. The Hall–Kier alpha value is -0.810. The van der Waals surface area contributed by atoms with Crippen LogP contribution in [-0.4, -0.2) is 101 Å². The third-order valence-corrected chi connectivity index (χ3v) is 4.50. The van der Waals surface area contributed by atoms with Crippen LogP contribution in [0.3, 0.4) is 0 Å². The van der Waals surface area contributed by atoms with Gasteiger partial charge in [-0.25, -0.2) is 0 Å².